The number of carbonyl (C=O) groups is 1. The van der Waals surface area contributed by atoms with Crippen molar-refractivity contribution in [2.75, 3.05) is 7.11 Å². The Morgan fingerprint density at radius 3 is 2.39 bits per heavy atom. The molecule has 1 saturated carbocycles. The molecule has 3 aromatic rings. The van der Waals surface area contributed by atoms with Gasteiger partial charge in [-0.25, -0.2) is 9.78 Å². The molecule has 0 bridgehead atoms. The molecule has 0 spiro atoms. The van der Waals surface area contributed by atoms with Crippen molar-refractivity contribution in [1.29, 1.82) is 0 Å². The molecule has 31 heavy (non-hydrogen) atoms. The maximum atomic E-state index is 12.6. The van der Waals surface area contributed by atoms with E-state index in [1.54, 1.807) is 30.5 Å². The van der Waals surface area contributed by atoms with Crippen LogP contribution in [0, 0.1) is 5.92 Å². The Labute approximate surface area is 182 Å². The van der Waals surface area contributed by atoms with Gasteiger partial charge in [-0.1, -0.05) is 49.9 Å². The molecule has 2 aromatic carbocycles. The van der Waals surface area contributed by atoms with Crippen molar-refractivity contribution in [2.24, 2.45) is 5.92 Å². The van der Waals surface area contributed by atoms with Crippen molar-refractivity contribution in [1.82, 2.24) is 9.97 Å². The van der Waals surface area contributed by atoms with E-state index in [0.717, 1.165) is 55.3 Å². The van der Waals surface area contributed by atoms with Crippen molar-refractivity contribution >= 4 is 17.0 Å². The van der Waals surface area contributed by atoms with E-state index in [2.05, 4.69) is 9.97 Å². The van der Waals surface area contributed by atoms with E-state index in [0.29, 0.717) is 11.3 Å². The number of nitrogens with zero attached hydrogens (tertiary/aromatic N) is 2. The van der Waals surface area contributed by atoms with Gasteiger partial charge < -0.3 is 14.6 Å². The number of methoxy groups -OCH3 is 1. The maximum Gasteiger partial charge on any atom is 0.342 e. The topological polar surface area (TPSA) is 81.5 Å². The van der Waals surface area contributed by atoms with Crippen LogP contribution in [0.5, 0.6) is 5.75 Å². The van der Waals surface area contributed by atoms with Crippen molar-refractivity contribution in [3.63, 3.8) is 0 Å². The molecule has 1 aromatic heterocycles. The number of aromatic nitrogens is 2. The minimum Gasteiger partial charge on any atom is -0.487 e. The molecule has 4 rings (SSSR count). The van der Waals surface area contributed by atoms with Crippen LogP contribution in [0.4, 0.5) is 0 Å². The van der Waals surface area contributed by atoms with Crippen LogP contribution >= 0.6 is 0 Å². The largest absolute Gasteiger partial charge is 0.487 e. The molecular formula is C25H28N2O4. The number of ether oxygens (including phenoxy) is 2. The Balaban J connectivity index is 1.50. The number of benzene rings is 2. The Kier molecular flexibility index (Phi) is 6.47. The van der Waals surface area contributed by atoms with Gasteiger partial charge in [0.05, 0.1) is 30.0 Å². The van der Waals surface area contributed by atoms with Crippen molar-refractivity contribution < 1.29 is 19.4 Å². The predicted octanol–water partition coefficient (Wildman–Crippen LogP) is 4.54. The Hall–Kier alpha value is -2.99. The van der Waals surface area contributed by atoms with E-state index in [-0.39, 0.29) is 12.5 Å². The number of rotatable bonds is 6. The van der Waals surface area contributed by atoms with Crippen molar-refractivity contribution in [3.05, 3.63) is 66.0 Å². The highest BCUT2D eigenvalue weighted by molar-refractivity contribution is 5.81. The van der Waals surface area contributed by atoms with Crippen molar-refractivity contribution in [2.45, 2.75) is 50.7 Å². The van der Waals surface area contributed by atoms with Crippen LogP contribution < -0.4 is 4.74 Å². The summed E-state index contributed by atoms with van der Waals surface area (Å²) in [7, 11) is 1.33. The smallest absolute Gasteiger partial charge is 0.342 e. The van der Waals surface area contributed by atoms with Gasteiger partial charge in [0.2, 0.25) is 0 Å². The molecule has 0 amide bonds. The van der Waals surface area contributed by atoms with Gasteiger partial charge in [-0.15, -0.1) is 0 Å². The third-order valence-corrected chi connectivity index (χ3v) is 6.12. The molecule has 1 heterocycles. The van der Waals surface area contributed by atoms with Crippen LogP contribution in [0.2, 0.25) is 0 Å². The predicted molar refractivity (Wildman–Crippen MR) is 117 cm³/mol. The highest BCUT2D eigenvalue weighted by atomic mass is 16.5. The lowest BCUT2D eigenvalue weighted by molar-refractivity contribution is -0.171. The van der Waals surface area contributed by atoms with Gasteiger partial charge in [0.25, 0.3) is 0 Å². The number of fused-ring (bicyclic) bond motifs is 1. The molecule has 1 N–H and O–H groups in total. The molecule has 6 heteroatoms. The Morgan fingerprint density at radius 2 is 1.71 bits per heavy atom. The fourth-order valence-corrected chi connectivity index (χ4v) is 4.40. The van der Waals surface area contributed by atoms with Gasteiger partial charge in [0, 0.05) is 5.92 Å². The molecule has 162 valence electrons. The average molecular weight is 421 g/mol. The molecule has 0 aliphatic heterocycles. The first-order chi connectivity index (χ1) is 15.1. The second-order valence-electron chi connectivity index (χ2n) is 8.11. The SMILES string of the molecule is COC(=O)C(O)(c1ccc(OCc2cnc3ccccc3n2)cc1)C1CCCCCC1. The first-order valence-electron chi connectivity index (χ1n) is 10.9. The summed E-state index contributed by atoms with van der Waals surface area (Å²) in [5.74, 6) is -0.117. The van der Waals surface area contributed by atoms with Crippen LogP contribution in [-0.2, 0) is 21.7 Å². The maximum absolute atomic E-state index is 12.6. The summed E-state index contributed by atoms with van der Waals surface area (Å²) >= 11 is 0. The van der Waals surface area contributed by atoms with E-state index >= 15 is 0 Å². The number of carbonyl (C=O) groups excluding carboxylic acids is 1. The van der Waals surface area contributed by atoms with E-state index in [9.17, 15) is 9.90 Å². The summed E-state index contributed by atoms with van der Waals surface area (Å²) in [6.07, 6.45) is 7.63. The van der Waals surface area contributed by atoms with E-state index in [4.69, 9.17) is 9.47 Å². The Morgan fingerprint density at radius 1 is 1.03 bits per heavy atom. The monoisotopic (exact) mass is 420 g/mol. The third kappa shape index (κ3) is 4.54. The molecule has 1 aliphatic rings. The zero-order chi connectivity index (χ0) is 21.7. The molecule has 0 saturated heterocycles. The normalized spacial score (nSPS) is 17.0. The summed E-state index contributed by atoms with van der Waals surface area (Å²) in [4.78, 5) is 21.6. The van der Waals surface area contributed by atoms with Gasteiger partial charge in [0.15, 0.2) is 5.60 Å². The van der Waals surface area contributed by atoms with Crippen LogP contribution in [0.25, 0.3) is 11.0 Å². The average Bonchev–Trinajstić information content (AvgIpc) is 3.12. The second-order valence-corrected chi connectivity index (χ2v) is 8.11. The molecule has 0 radical (unpaired) electrons. The molecule has 1 unspecified atom stereocenters. The zero-order valence-corrected chi connectivity index (χ0v) is 17.8. The number of esters is 1. The summed E-state index contributed by atoms with van der Waals surface area (Å²) in [5, 5.41) is 11.5. The quantitative estimate of drug-likeness (QED) is 0.466. The first-order valence-corrected chi connectivity index (χ1v) is 10.9. The number of hydrogen-bond donors (Lipinski definition) is 1. The molecule has 1 fully saturated rings. The van der Waals surface area contributed by atoms with Gasteiger partial charge in [-0.2, -0.15) is 0 Å². The number of hydrogen-bond acceptors (Lipinski definition) is 6. The fraction of sp³-hybridized carbons (Fsp3) is 0.400. The third-order valence-electron chi connectivity index (χ3n) is 6.12. The lowest BCUT2D eigenvalue weighted by atomic mass is 9.77. The van der Waals surface area contributed by atoms with E-state index in [1.165, 1.54) is 7.11 Å². The lowest BCUT2D eigenvalue weighted by Crippen LogP contribution is -2.43. The standard InChI is InChI=1S/C25H28N2O4/c1-30-24(28)25(29,18-8-4-2-3-5-9-18)19-12-14-21(15-13-19)31-17-20-16-26-22-10-6-7-11-23(22)27-20/h6-7,10-16,18,29H,2-5,8-9,17H2,1H3. The molecule has 1 aliphatic carbocycles. The molecule has 1 atom stereocenters. The Bertz CT molecular complexity index is 1030. The summed E-state index contributed by atoms with van der Waals surface area (Å²) < 4.78 is 10.9. The fourth-order valence-electron chi connectivity index (χ4n) is 4.40. The highest BCUT2D eigenvalue weighted by Gasteiger charge is 2.46. The van der Waals surface area contributed by atoms with Crippen LogP contribution in [-0.4, -0.2) is 28.2 Å². The minimum absolute atomic E-state index is 0.151. The van der Waals surface area contributed by atoms with Crippen molar-refractivity contribution in [3.8, 4) is 5.75 Å². The highest BCUT2D eigenvalue weighted by Crippen LogP contribution is 2.40. The second kappa shape index (κ2) is 9.43. The van der Waals surface area contributed by atoms with E-state index < -0.39 is 11.6 Å². The van der Waals surface area contributed by atoms with Crippen LogP contribution in [0.15, 0.2) is 54.7 Å². The summed E-state index contributed by atoms with van der Waals surface area (Å²) in [5.41, 5.74) is 1.31. The van der Waals surface area contributed by atoms with Crippen LogP contribution in [0.3, 0.4) is 0 Å². The number of para-hydroxylation sites is 2. The molecular weight excluding hydrogens is 392 g/mol. The van der Waals surface area contributed by atoms with Gasteiger partial charge in [-0.3, -0.25) is 4.98 Å². The lowest BCUT2D eigenvalue weighted by Gasteiger charge is -2.33. The van der Waals surface area contributed by atoms with Gasteiger partial charge in [-0.05, 0) is 42.7 Å². The summed E-state index contributed by atoms with van der Waals surface area (Å²) in [6.45, 7) is 0.279. The van der Waals surface area contributed by atoms with Crippen LogP contribution in [0.1, 0.15) is 49.8 Å². The number of aliphatic hydroxyl groups is 1. The zero-order valence-electron chi connectivity index (χ0n) is 17.8. The van der Waals surface area contributed by atoms with Gasteiger partial charge >= 0.3 is 5.97 Å². The minimum atomic E-state index is -1.64. The van der Waals surface area contributed by atoms with E-state index in [1.807, 2.05) is 24.3 Å². The van der Waals surface area contributed by atoms with Gasteiger partial charge in [0.1, 0.15) is 12.4 Å². The molecule has 6 nitrogen and oxygen atoms in total. The first kappa shape index (κ1) is 21.2. The summed E-state index contributed by atoms with van der Waals surface area (Å²) in [6, 6.07) is 14.7.